The van der Waals surface area contributed by atoms with Gasteiger partial charge in [-0.15, -0.1) is 9.05 Å². The van der Waals surface area contributed by atoms with E-state index in [1.54, 1.807) is 92.9 Å². The molecule has 1 unspecified atom stereocenters. The number of alkyl halides is 1. The number of nitrogens with zero attached hydrogens (tertiary/aromatic N) is 14. The SMILES string of the molecule is BrCc1cccc(Br)c1.CCOP(=O)(O)c1cccc(Cn2c(=O)[nH]c3c(N)nc(OCCOC)nc32)c1.CCOP(=O)(OCC)c1cccc(Cn2cnc3c(N)nc(OCCOC)nc32)c1.CCO[P+](=O)OCC.COCCOc1nc(N)c2[nH]cnc2n1.COCCOc1nc(N)c2ncn(Cc3cccc(Br)c3)c2n1.[H-].[K+]. The molecule has 11 N–H and O–H groups in total. The van der Waals surface area contributed by atoms with E-state index in [2.05, 4.69) is 134 Å². The van der Waals surface area contributed by atoms with Crippen molar-refractivity contribution in [2.75, 3.05) is 137 Å². The van der Waals surface area contributed by atoms with Crippen molar-refractivity contribution in [2.45, 2.75) is 59.6 Å². The molecule has 8 aromatic heterocycles. The van der Waals surface area contributed by atoms with Gasteiger partial charge in [-0.1, -0.05) is 96.3 Å². The number of methoxy groups -OCH3 is 4. The van der Waals surface area contributed by atoms with Gasteiger partial charge in [-0.25, -0.2) is 19.7 Å². The van der Waals surface area contributed by atoms with Gasteiger partial charge in [0.1, 0.15) is 50.7 Å². The summed E-state index contributed by atoms with van der Waals surface area (Å²) in [6, 6.07) is 30.5. The normalized spacial score (nSPS) is 11.5. The number of hydrogen-bond donors (Lipinski definition) is 7. The number of nitrogen functional groups attached to an aromatic ring is 4. The van der Waals surface area contributed by atoms with Crippen molar-refractivity contribution in [3.63, 3.8) is 0 Å². The number of aromatic nitrogens is 16. The Balaban J connectivity index is 0.000000261. The molecule has 0 spiro atoms. The molecule has 0 saturated carbocycles. The van der Waals surface area contributed by atoms with E-state index in [1.807, 2.05) is 57.7 Å². The van der Waals surface area contributed by atoms with Gasteiger partial charge >= 0.3 is 105 Å². The number of nitrogens with two attached hydrogens (primary N) is 4. The minimum atomic E-state index is -3.93. The average molecular weight is 1870 g/mol. The van der Waals surface area contributed by atoms with Crippen LogP contribution in [0.4, 0.5) is 23.3 Å². The smallest absolute Gasteiger partial charge is 1.00 e. The summed E-state index contributed by atoms with van der Waals surface area (Å²) in [5, 5.41) is 1.57. The molecule has 0 aliphatic heterocycles. The van der Waals surface area contributed by atoms with E-state index in [1.165, 1.54) is 35.7 Å². The van der Waals surface area contributed by atoms with Crippen LogP contribution in [-0.2, 0) is 80.2 Å². The van der Waals surface area contributed by atoms with Crippen LogP contribution >= 0.6 is 71.2 Å². The van der Waals surface area contributed by atoms with Gasteiger partial charge in [0.15, 0.2) is 56.9 Å². The molecule has 38 nitrogen and oxygen atoms in total. The predicted octanol–water partition coefficient (Wildman–Crippen LogP) is 7.38. The molecule has 45 heteroatoms. The molecule has 12 aromatic rings. The molecule has 0 fully saturated rings. The van der Waals surface area contributed by atoms with E-state index in [0.29, 0.717) is 129 Å². The Morgan fingerprint density at radius 1 is 0.496 bits per heavy atom. The number of benzene rings is 4. The van der Waals surface area contributed by atoms with E-state index in [9.17, 15) is 23.4 Å². The van der Waals surface area contributed by atoms with Crippen LogP contribution in [0, 0.1) is 0 Å². The van der Waals surface area contributed by atoms with Crippen molar-refractivity contribution in [3.05, 3.63) is 158 Å². The number of nitrogens with one attached hydrogen (secondary N) is 2. The van der Waals surface area contributed by atoms with Gasteiger partial charge in [0.25, 0.3) is 0 Å². The Kier molecular flexibility index (Phi) is 42.2. The van der Waals surface area contributed by atoms with Gasteiger partial charge in [0, 0.05) is 47.3 Å². The zero-order chi connectivity index (χ0) is 82.6. The number of imidazole rings is 4. The minimum absolute atomic E-state index is 0. The summed E-state index contributed by atoms with van der Waals surface area (Å²) in [5.41, 5.74) is 30.9. The third-order valence-electron chi connectivity index (χ3n) is 14.8. The molecule has 0 aliphatic carbocycles. The van der Waals surface area contributed by atoms with Crippen LogP contribution in [0.15, 0.2) is 130 Å². The zero-order valence-electron chi connectivity index (χ0n) is 65.9. The predicted molar refractivity (Wildman–Crippen MR) is 442 cm³/mol. The number of rotatable bonds is 35. The second kappa shape index (κ2) is 50.3. The molecule has 1 atom stereocenters. The average Bonchev–Trinajstić information content (AvgIpc) is 1.63. The molecular weight excluding hydrogens is 1780 g/mol. The second-order valence-corrected chi connectivity index (χ2v) is 30.1. The molecule has 8 heterocycles. The van der Waals surface area contributed by atoms with Gasteiger partial charge in [-0.3, -0.25) is 13.7 Å². The Morgan fingerprint density at radius 3 is 1.36 bits per heavy atom. The zero-order valence-corrected chi connectivity index (χ0v) is 75.5. The Labute approximate surface area is 732 Å². The number of H-pyrrole nitrogens is 2. The Morgan fingerprint density at radius 2 is 0.904 bits per heavy atom. The molecule has 0 radical (unpaired) electrons. The number of halogens is 3. The van der Waals surface area contributed by atoms with E-state index < -0.39 is 29.1 Å². The van der Waals surface area contributed by atoms with Crippen molar-refractivity contribution in [1.82, 2.24) is 78.5 Å². The minimum Gasteiger partial charge on any atom is -1.00 e. The fraction of sp³-hybridized carbons (Fsp3) is 0.371. The van der Waals surface area contributed by atoms with Crippen LogP contribution in [0.5, 0.6) is 24.0 Å². The number of fused-ring (bicyclic) bond motifs is 4. The van der Waals surface area contributed by atoms with Gasteiger partial charge < -0.3 is 99.8 Å². The monoisotopic (exact) mass is 1870 g/mol. The maximum absolute atomic E-state index is 13.1. The standard InChI is InChI=1S/C19H26N5O5P.C17H22N5O6P.C15H16BrN5O2.C8H11N5O2.C7H6Br2.C4H10O3P.K.H/c1-4-28-30(25,29-5-2)15-8-6-7-14(11-15)12-24-13-21-16-17(20)22-19(23-18(16)24)27-10-9-26-3;1-3-28-29(24,25)12-6-4-5-11(9-12)10-22-15-13(19-17(22)23)14(18)20-16(21-15)27-8-7-26-2;1-22-5-6-23-15-19-13(17)12-14(20-15)21(9-18-12)8-10-3-2-4-11(16)7-10;1-14-2-3-15-8-12-6(9)5-7(13-8)11-4-10-5;8-5-6-2-1-3-7(9)4-6;1-3-6-8(5)7-4-2;;/h6-8,11,13H,4-5,9-10,12H2,1-3H3,(H2,20,22,23);4-6,9H,3,7-8,10H2,1-2H3,(H,19,23)(H,24,25)(H2,18,20,21);2-4,7,9H,5-6,8H2,1H3,(H2,17,19,20);4H,2-3H2,1H3,(H3,9,10,11,12,13);1-4H,5H2;3-4H2,1-2H3;;/q;;;;;2*+1;-1. The molecule has 616 valence electrons. The largest absolute Gasteiger partial charge is 1.00 e. The van der Waals surface area contributed by atoms with Gasteiger partial charge in [0.2, 0.25) is 0 Å². The second-order valence-electron chi connectivity index (χ2n) is 22.9. The first-order valence-corrected chi connectivity index (χ1v) is 41.9. The van der Waals surface area contributed by atoms with Crippen LogP contribution in [0.2, 0.25) is 0 Å². The summed E-state index contributed by atoms with van der Waals surface area (Å²) in [4.78, 5) is 73.9. The van der Waals surface area contributed by atoms with Crippen LogP contribution in [-0.4, -0.2) is 198 Å². The number of aromatic amines is 2. The van der Waals surface area contributed by atoms with Gasteiger partial charge in [-0.05, 0) is 105 Å². The first-order valence-electron chi connectivity index (χ1n) is 35.0. The molecule has 0 aliphatic rings. The molecule has 12 rings (SSSR count). The van der Waals surface area contributed by atoms with E-state index in [0.717, 1.165) is 25.4 Å². The van der Waals surface area contributed by atoms with E-state index >= 15 is 0 Å². The Hall–Kier alpha value is -7.48. The maximum Gasteiger partial charge on any atom is 1.00 e. The van der Waals surface area contributed by atoms with E-state index in [4.69, 9.17) is 74.4 Å². The van der Waals surface area contributed by atoms with Gasteiger partial charge in [0.05, 0.1) is 95.5 Å². The first kappa shape index (κ1) is 96.4. The van der Waals surface area contributed by atoms with Crippen molar-refractivity contribution in [2.24, 2.45) is 0 Å². The summed E-state index contributed by atoms with van der Waals surface area (Å²) in [5.74, 6) is 0.931. The van der Waals surface area contributed by atoms with Crippen LogP contribution < -0.4 is 110 Å². The van der Waals surface area contributed by atoms with Crippen LogP contribution in [0.25, 0.3) is 44.7 Å². The van der Waals surface area contributed by atoms with Crippen LogP contribution in [0.1, 0.15) is 58.3 Å². The third-order valence-corrected chi connectivity index (χ3v) is 21.0. The maximum atomic E-state index is 13.1. The molecule has 0 bridgehead atoms. The molecule has 115 heavy (non-hydrogen) atoms. The molecule has 0 amide bonds. The summed E-state index contributed by atoms with van der Waals surface area (Å²) in [6.07, 6.45) is 4.84. The molecule has 4 aromatic carbocycles. The van der Waals surface area contributed by atoms with Crippen LogP contribution in [0.3, 0.4) is 0 Å². The fourth-order valence-corrected chi connectivity index (χ4v) is 14.3. The quantitative estimate of drug-likeness (QED) is 0.00881. The summed E-state index contributed by atoms with van der Waals surface area (Å²) >= 11 is 10.2. The van der Waals surface area contributed by atoms with Crippen molar-refractivity contribution < 1.29 is 132 Å². The van der Waals surface area contributed by atoms with Crippen molar-refractivity contribution in [3.8, 4) is 24.0 Å². The summed E-state index contributed by atoms with van der Waals surface area (Å²) in [6.45, 7) is 14.4. The fourth-order valence-electron chi connectivity index (χ4n) is 9.77. The number of hydrogen-bond acceptors (Lipinski definition) is 32. The van der Waals surface area contributed by atoms with Crippen molar-refractivity contribution in [1.29, 1.82) is 0 Å². The number of anilines is 4. The van der Waals surface area contributed by atoms with Crippen molar-refractivity contribution >= 4 is 150 Å². The third kappa shape index (κ3) is 30.1. The topological polar surface area (TPSA) is 501 Å². The Bertz CT molecular complexity index is 5180. The van der Waals surface area contributed by atoms with E-state index in [-0.39, 0.29) is 138 Å². The first-order chi connectivity index (χ1) is 55.0. The molecular formula is C70H92Br3KN20O18P3+. The number of ether oxygens (including phenoxy) is 8. The molecule has 0 saturated heterocycles. The summed E-state index contributed by atoms with van der Waals surface area (Å²) < 4.78 is 109. The summed E-state index contributed by atoms with van der Waals surface area (Å²) in [7, 11) is -2.81. The van der Waals surface area contributed by atoms with Gasteiger partial charge in [-0.2, -0.15) is 39.9 Å².